The maximum atomic E-state index is 14.0. The Labute approximate surface area is 215 Å². The molecule has 0 saturated heterocycles. The number of fused-ring (bicyclic) bond motifs is 3. The number of rotatable bonds is 6. The summed E-state index contributed by atoms with van der Waals surface area (Å²) in [5, 5.41) is 10.4. The third-order valence-electron chi connectivity index (χ3n) is 6.47. The van der Waals surface area contributed by atoms with Crippen molar-refractivity contribution in [1.82, 2.24) is 8.75 Å². The molecule has 4 aromatic rings. The summed E-state index contributed by atoms with van der Waals surface area (Å²) in [5.41, 5.74) is 3.68. The molecule has 0 aliphatic carbocycles. The van der Waals surface area contributed by atoms with Gasteiger partial charge in [-0.2, -0.15) is 8.75 Å². The third-order valence-corrected chi connectivity index (χ3v) is 7.02. The Kier molecular flexibility index (Phi) is 5.72. The van der Waals surface area contributed by atoms with Crippen molar-refractivity contribution in [1.29, 1.82) is 0 Å². The minimum atomic E-state index is -1.20. The number of hydrogen-bond donors (Lipinski definition) is 1. The fourth-order valence-electron chi connectivity index (χ4n) is 4.57. The number of likely N-dealkylation sites (N-methyl/N-ethyl adjacent to an activating group) is 1. The van der Waals surface area contributed by atoms with Crippen LogP contribution in [0.25, 0.3) is 16.6 Å². The highest BCUT2D eigenvalue weighted by Crippen LogP contribution is 2.36. The average Bonchev–Trinajstić information content (AvgIpc) is 3.57. The minimum Gasteiger partial charge on any atom is -0.490 e. The molecule has 3 heterocycles. The van der Waals surface area contributed by atoms with Gasteiger partial charge in [0.15, 0.2) is 17.3 Å². The average molecular weight is 516 g/mol. The van der Waals surface area contributed by atoms with Crippen LogP contribution < -0.4 is 19.1 Å². The van der Waals surface area contributed by atoms with Crippen LogP contribution in [0.3, 0.4) is 0 Å². The second-order valence-corrected chi connectivity index (χ2v) is 9.30. The molecule has 6 rings (SSSR count). The van der Waals surface area contributed by atoms with E-state index in [0.717, 1.165) is 35.3 Å². The molecule has 1 N–H and O–H groups in total. The van der Waals surface area contributed by atoms with Gasteiger partial charge < -0.3 is 24.2 Å². The number of carbonyl (C=O) groups is 2. The van der Waals surface area contributed by atoms with Gasteiger partial charge in [0.1, 0.15) is 23.4 Å². The summed E-state index contributed by atoms with van der Waals surface area (Å²) < 4.78 is 25.0. The normalized spacial score (nSPS) is 14.7. The van der Waals surface area contributed by atoms with E-state index in [1.165, 1.54) is 0 Å². The smallest absolute Gasteiger partial charge is 0.336 e. The molecule has 9 nitrogen and oxygen atoms in total. The third kappa shape index (κ3) is 4.25. The van der Waals surface area contributed by atoms with E-state index in [1.807, 2.05) is 25.2 Å². The van der Waals surface area contributed by atoms with Gasteiger partial charge in [0, 0.05) is 24.6 Å². The molecule has 0 saturated carbocycles. The number of carboxylic acid groups (broad SMARTS) is 1. The fourth-order valence-corrected chi connectivity index (χ4v) is 5.09. The van der Waals surface area contributed by atoms with Crippen LogP contribution in [0.4, 0.5) is 5.69 Å². The summed E-state index contributed by atoms with van der Waals surface area (Å²) in [6.45, 7) is 1.40. The van der Waals surface area contributed by atoms with Crippen molar-refractivity contribution >= 4 is 45.8 Å². The molecule has 0 fully saturated rings. The zero-order valence-electron chi connectivity index (χ0n) is 19.8. The number of carboxylic acids is 1. The molecule has 2 aliphatic rings. The van der Waals surface area contributed by atoms with E-state index in [1.54, 1.807) is 36.4 Å². The molecule has 0 spiro atoms. The highest BCUT2D eigenvalue weighted by atomic mass is 32.1. The second kappa shape index (κ2) is 9.21. The van der Waals surface area contributed by atoms with E-state index >= 15 is 0 Å². The minimum absolute atomic E-state index is 0.0719. The number of aromatic nitrogens is 2. The van der Waals surface area contributed by atoms with E-state index in [-0.39, 0.29) is 24.4 Å². The molecule has 0 amide bonds. The lowest BCUT2D eigenvalue weighted by Crippen LogP contribution is -2.28. The number of anilines is 1. The first-order chi connectivity index (χ1) is 18.0. The predicted molar refractivity (Wildman–Crippen MR) is 138 cm³/mol. The van der Waals surface area contributed by atoms with Crippen molar-refractivity contribution in [3.8, 4) is 17.2 Å². The largest absolute Gasteiger partial charge is 0.490 e. The molecule has 186 valence electrons. The Balaban J connectivity index is 1.50. The number of Topliss-reactive ketones (excluding diaryl/α,β-unsaturated/α-hetero) is 1. The standard InChI is InChI=1S/C27H21N3O6S/c1-30-8-9-34-22-6-2-15(11-21(22)30)10-18(26(31)17-4-7-23-24(13-17)36-14-35-23)25(27(32)33)16-3-5-19-20(12-16)29-37-28-19/h2-7,11-13H,8-10,14H2,1H3,(H,32,33). The lowest BCUT2D eigenvalue weighted by Gasteiger charge is -2.28. The molecule has 0 atom stereocenters. The van der Waals surface area contributed by atoms with Crippen molar-refractivity contribution < 1.29 is 28.9 Å². The first kappa shape index (κ1) is 23.0. The van der Waals surface area contributed by atoms with Crippen LogP contribution in [-0.4, -0.2) is 52.6 Å². The highest BCUT2D eigenvalue weighted by molar-refractivity contribution is 7.00. The van der Waals surface area contributed by atoms with Gasteiger partial charge in [0.25, 0.3) is 0 Å². The number of hydrogen-bond acceptors (Lipinski definition) is 9. The molecular weight excluding hydrogens is 494 g/mol. The predicted octanol–water partition coefficient (Wildman–Crippen LogP) is 4.21. The van der Waals surface area contributed by atoms with Gasteiger partial charge in [-0.1, -0.05) is 12.1 Å². The van der Waals surface area contributed by atoms with Crippen LogP contribution in [-0.2, 0) is 11.2 Å². The first-order valence-corrected chi connectivity index (χ1v) is 12.3. The highest BCUT2D eigenvalue weighted by Gasteiger charge is 2.27. The molecular formula is C27H21N3O6S. The van der Waals surface area contributed by atoms with Gasteiger partial charge in [0.2, 0.25) is 6.79 Å². The van der Waals surface area contributed by atoms with Gasteiger partial charge in [-0.25, -0.2) is 4.79 Å². The molecule has 10 heteroatoms. The van der Waals surface area contributed by atoms with Crippen LogP contribution in [0.5, 0.6) is 17.2 Å². The van der Waals surface area contributed by atoms with E-state index < -0.39 is 11.8 Å². The molecule has 0 bridgehead atoms. The van der Waals surface area contributed by atoms with Crippen molar-refractivity contribution in [3.05, 3.63) is 76.9 Å². The Hall–Kier alpha value is -4.44. The van der Waals surface area contributed by atoms with Crippen molar-refractivity contribution in [2.75, 3.05) is 31.9 Å². The van der Waals surface area contributed by atoms with E-state index in [9.17, 15) is 14.7 Å². The summed E-state index contributed by atoms with van der Waals surface area (Å²) in [5.74, 6) is 0.133. The van der Waals surface area contributed by atoms with E-state index in [2.05, 4.69) is 13.6 Å². The number of carbonyl (C=O) groups excluding carboxylic acids is 1. The summed E-state index contributed by atoms with van der Waals surface area (Å²) in [4.78, 5) is 28.7. The molecule has 0 radical (unpaired) electrons. The Morgan fingerprint density at radius 1 is 0.919 bits per heavy atom. The van der Waals surface area contributed by atoms with Crippen LogP contribution in [0.1, 0.15) is 21.5 Å². The lowest BCUT2D eigenvalue weighted by molar-refractivity contribution is -0.130. The maximum absolute atomic E-state index is 14.0. The van der Waals surface area contributed by atoms with Gasteiger partial charge in [0.05, 0.1) is 29.5 Å². The summed E-state index contributed by atoms with van der Waals surface area (Å²) in [6, 6.07) is 15.6. The zero-order chi connectivity index (χ0) is 25.5. The summed E-state index contributed by atoms with van der Waals surface area (Å²) in [6.07, 6.45) is 0.101. The lowest BCUT2D eigenvalue weighted by atomic mass is 9.89. The summed E-state index contributed by atoms with van der Waals surface area (Å²) in [7, 11) is 1.97. The number of ether oxygens (including phenoxy) is 3. The van der Waals surface area contributed by atoms with Gasteiger partial charge in [-0.05, 0) is 53.6 Å². The number of allylic oxidation sites excluding steroid dienone is 1. The maximum Gasteiger partial charge on any atom is 0.336 e. The van der Waals surface area contributed by atoms with Gasteiger partial charge >= 0.3 is 5.97 Å². The Bertz CT molecular complexity index is 1590. The van der Waals surface area contributed by atoms with Crippen LogP contribution in [0.2, 0.25) is 0 Å². The van der Waals surface area contributed by atoms with Crippen molar-refractivity contribution in [2.24, 2.45) is 0 Å². The van der Waals surface area contributed by atoms with Crippen LogP contribution in [0, 0.1) is 0 Å². The molecule has 3 aromatic carbocycles. The number of nitrogens with zero attached hydrogens (tertiary/aromatic N) is 3. The summed E-state index contributed by atoms with van der Waals surface area (Å²) >= 11 is 1.05. The molecule has 1 aromatic heterocycles. The van der Waals surface area contributed by atoms with E-state index in [4.69, 9.17) is 14.2 Å². The molecule has 37 heavy (non-hydrogen) atoms. The number of aliphatic carboxylic acids is 1. The van der Waals surface area contributed by atoms with Crippen LogP contribution in [0.15, 0.2) is 60.2 Å². The van der Waals surface area contributed by atoms with E-state index in [0.29, 0.717) is 40.3 Å². The fraction of sp³-hybridized carbons (Fsp3) is 0.185. The molecule has 0 unspecified atom stereocenters. The van der Waals surface area contributed by atoms with Gasteiger partial charge in [-0.15, -0.1) is 0 Å². The Morgan fingerprint density at radius 2 is 1.70 bits per heavy atom. The van der Waals surface area contributed by atoms with Crippen molar-refractivity contribution in [3.63, 3.8) is 0 Å². The Morgan fingerprint density at radius 3 is 2.57 bits per heavy atom. The topological polar surface area (TPSA) is 111 Å². The van der Waals surface area contributed by atoms with Gasteiger partial charge in [-0.3, -0.25) is 4.79 Å². The monoisotopic (exact) mass is 515 g/mol. The first-order valence-electron chi connectivity index (χ1n) is 11.6. The quantitative estimate of drug-likeness (QED) is 0.298. The van der Waals surface area contributed by atoms with Crippen molar-refractivity contribution in [2.45, 2.75) is 6.42 Å². The van der Waals surface area contributed by atoms with Crippen LogP contribution >= 0.6 is 11.7 Å². The zero-order valence-corrected chi connectivity index (χ0v) is 20.6. The molecule has 2 aliphatic heterocycles. The number of ketones is 1. The second-order valence-electron chi connectivity index (χ2n) is 8.77. The number of benzene rings is 3. The SMILES string of the molecule is CN1CCOc2ccc(CC(C(=O)c3ccc4c(c3)OCO4)=C(C(=O)O)c3ccc4nsnc4c3)cc21.